The van der Waals surface area contributed by atoms with Crippen LogP contribution in [0.1, 0.15) is 51.0 Å². The number of phenolic OH excluding ortho intramolecular Hbond substituents is 1. The molecule has 0 bridgehead atoms. The maximum absolute atomic E-state index is 14.9. The summed E-state index contributed by atoms with van der Waals surface area (Å²) in [6, 6.07) is 14.6. The van der Waals surface area contributed by atoms with E-state index in [0.29, 0.717) is 17.0 Å². The van der Waals surface area contributed by atoms with Crippen LogP contribution in [-0.2, 0) is 0 Å². The van der Waals surface area contributed by atoms with Crippen LogP contribution in [0.2, 0.25) is 0 Å². The van der Waals surface area contributed by atoms with Gasteiger partial charge in [0, 0.05) is 11.1 Å². The van der Waals surface area contributed by atoms with Crippen molar-refractivity contribution in [3.8, 4) is 28.0 Å². The lowest BCUT2D eigenvalue weighted by Crippen LogP contribution is -2.06. The van der Waals surface area contributed by atoms with Crippen LogP contribution in [0, 0.1) is 23.4 Å². The maximum Gasteiger partial charge on any atom is 0.200 e. The van der Waals surface area contributed by atoms with Gasteiger partial charge in [-0.25, -0.2) is 8.78 Å². The van der Waals surface area contributed by atoms with E-state index in [9.17, 15) is 18.3 Å². The second kappa shape index (κ2) is 9.64. The van der Waals surface area contributed by atoms with E-state index in [0.717, 1.165) is 42.0 Å². The van der Waals surface area contributed by atoms with E-state index in [-0.39, 0.29) is 11.4 Å². The van der Waals surface area contributed by atoms with Gasteiger partial charge in [0.05, 0.1) is 0 Å². The first kappa shape index (κ1) is 22.2. The minimum atomic E-state index is -1.27. The second-order valence-corrected chi connectivity index (χ2v) is 8.54. The van der Waals surface area contributed by atoms with Crippen LogP contribution in [0.3, 0.4) is 0 Å². The number of aromatic hydroxyl groups is 1. The van der Waals surface area contributed by atoms with Crippen LogP contribution < -0.4 is 0 Å². The van der Waals surface area contributed by atoms with Crippen molar-refractivity contribution in [1.82, 2.24) is 0 Å². The Morgan fingerprint density at radius 3 is 2.19 bits per heavy atom. The average Bonchev–Trinajstić information content (AvgIpc) is 2.82. The molecule has 0 amide bonds. The summed E-state index contributed by atoms with van der Waals surface area (Å²) in [5.74, 6) is -2.60. The van der Waals surface area contributed by atoms with Crippen LogP contribution in [0.4, 0.5) is 13.2 Å². The molecule has 4 rings (SSSR count). The van der Waals surface area contributed by atoms with E-state index in [2.05, 4.69) is 13.0 Å². The van der Waals surface area contributed by atoms with E-state index in [1.54, 1.807) is 24.3 Å². The third-order valence-electron chi connectivity index (χ3n) is 6.39. The first-order valence-corrected chi connectivity index (χ1v) is 11.2. The summed E-state index contributed by atoms with van der Waals surface area (Å²) in [5, 5.41) is 9.30. The molecule has 1 atom stereocenters. The Labute approximate surface area is 187 Å². The molecular weight excluding hydrogens is 409 g/mol. The number of unbranched alkanes of at least 4 members (excludes halogenated alkanes) is 1. The van der Waals surface area contributed by atoms with Crippen molar-refractivity contribution in [3.05, 3.63) is 83.7 Å². The molecule has 0 radical (unpaired) electrons. The molecular formula is C28H27F3O. The summed E-state index contributed by atoms with van der Waals surface area (Å²) in [4.78, 5) is 0. The molecule has 0 aromatic heterocycles. The van der Waals surface area contributed by atoms with Crippen LogP contribution in [0.15, 0.2) is 60.7 Å². The number of halogens is 3. The SMILES string of the molecule is CCCCC1CC=C(c2ccc(-c3ccc(-c4ccc(O)c(F)c4F)cc3)cc2F)CC1. The third-order valence-corrected chi connectivity index (χ3v) is 6.39. The number of phenols is 1. The van der Waals surface area contributed by atoms with Gasteiger partial charge in [0.25, 0.3) is 0 Å². The molecule has 32 heavy (non-hydrogen) atoms. The quantitative estimate of drug-likeness (QED) is 0.411. The van der Waals surface area contributed by atoms with Crippen molar-refractivity contribution in [2.75, 3.05) is 0 Å². The summed E-state index contributed by atoms with van der Waals surface area (Å²) in [6.07, 6.45) is 8.96. The first-order chi connectivity index (χ1) is 15.5. The molecule has 0 saturated heterocycles. The summed E-state index contributed by atoms with van der Waals surface area (Å²) in [7, 11) is 0. The summed E-state index contributed by atoms with van der Waals surface area (Å²) < 4.78 is 42.7. The van der Waals surface area contributed by atoms with E-state index in [1.807, 2.05) is 12.1 Å². The van der Waals surface area contributed by atoms with E-state index in [4.69, 9.17) is 0 Å². The van der Waals surface area contributed by atoms with E-state index >= 15 is 0 Å². The Morgan fingerprint density at radius 1 is 0.844 bits per heavy atom. The summed E-state index contributed by atoms with van der Waals surface area (Å²) in [6.45, 7) is 2.21. The normalized spacial score (nSPS) is 16.1. The fourth-order valence-electron chi connectivity index (χ4n) is 4.45. The Kier molecular flexibility index (Phi) is 6.69. The molecule has 3 aromatic rings. The molecule has 0 saturated carbocycles. The molecule has 0 heterocycles. The lowest BCUT2D eigenvalue weighted by Gasteiger charge is -2.22. The highest BCUT2D eigenvalue weighted by molar-refractivity contribution is 5.74. The van der Waals surface area contributed by atoms with Gasteiger partial charge < -0.3 is 5.11 Å². The van der Waals surface area contributed by atoms with E-state index < -0.39 is 17.4 Å². The molecule has 1 aliphatic carbocycles. The maximum atomic E-state index is 14.9. The molecule has 1 unspecified atom stereocenters. The Morgan fingerprint density at radius 2 is 1.53 bits per heavy atom. The topological polar surface area (TPSA) is 20.2 Å². The fraction of sp³-hybridized carbons (Fsp3) is 0.286. The van der Waals surface area contributed by atoms with Crippen molar-refractivity contribution >= 4 is 5.57 Å². The van der Waals surface area contributed by atoms with Gasteiger partial charge in [0.15, 0.2) is 11.6 Å². The molecule has 0 aliphatic heterocycles. The predicted octanol–water partition coefficient (Wildman–Crippen LogP) is 8.52. The second-order valence-electron chi connectivity index (χ2n) is 8.54. The highest BCUT2D eigenvalue weighted by Gasteiger charge is 2.18. The molecule has 1 nitrogen and oxygen atoms in total. The average molecular weight is 437 g/mol. The van der Waals surface area contributed by atoms with Gasteiger partial charge >= 0.3 is 0 Å². The zero-order valence-corrected chi connectivity index (χ0v) is 18.2. The fourth-order valence-corrected chi connectivity index (χ4v) is 4.45. The molecule has 0 spiro atoms. The third kappa shape index (κ3) is 4.59. The number of allylic oxidation sites excluding steroid dienone is 2. The van der Waals surface area contributed by atoms with Crippen molar-refractivity contribution in [1.29, 1.82) is 0 Å². The van der Waals surface area contributed by atoms with Gasteiger partial charge in [0.2, 0.25) is 5.82 Å². The predicted molar refractivity (Wildman–Crippen MR) is 124 cm³/mol. The molecule has 166 valence electrons. The van der Waals surface area contributed by atoms with Gasteiger partial charge in [0.1, 0.15) is 5.82 Å². The van der Waals surface area contributed by atoms with Gasteiger partial charge in [-0.2, -0.15) is 4.39 Å². The van der Waals surface area contributed by atoms with Gasteiger partial charge in [-0.1, -0.05) is 68.7 Å². The number of hydrogen-bond donors (Lipinski definition) is 1. The highest BCUT2D eigenvalue weighted by Crippen LogP contribution is 2.35. The van der Waals surface area contributed by atoms with Crippen LogP contribution in [0.5, 0.6) is 5.75 Å². The minimum Gasteiger partial charge on any atom is -0.505 e. The minimum absolute atomic E-state index is 0.0647. The van der Waals surface area contributed by atoms with Crippen LogP contribution >= 0.6 is 0 Å². The number of benzene rings is 3. The summed E-state index contributed by atoms with van der Waals surface area (Å²) >= 11 is 0. The largest absolute Gasteiger partial charge is 0.505 e. The van der Waals surface area contributed by atoms with E-state index in [1.165, 1.54) is 31.4 Å². The number of hydrogen-bond acceptors (Lipinski definition) is 1. The van der Waals surface area contributed by atoms with Gasteiger partial charge in [-0.3, -0.25) is 0 Å². The van der Waals surface area contributed by atoms with Gasteiger partial charge in [-0.15, -0.1) is 0 Å². The standard InChI is InChI=1S/C28H27F3O/c1-2-3-4-18-5-7-20(8-6-18)23-14-13-22(17-25(23)29)19-9-11-21(12-10-19)24-15-16-26(32)28(31)27(24)30/h7,9-18,32H,2-6,8H2,1H3. The van der Waals surface area contributed by atoms with Crippen molar-refractivity contribution < 1.29 is 18.3 Å². The Hall–Kier alpha value is -3.01. The number of rotatable bonds is 6. The molecule has 1 aliphatic rings. The Balaban J connectivity index is 1.53. The zero-order valence-electron chi connectivity index (χ0n) is 18.2. The van der Waals surface area contributed by atoms with Gasteiger partial charge in [-0.05, 0) is 65.6 Å². The summed E-state index contributed by atoms with van der Waals surface area (Å²) in [5.41, 5.74) is 3.81. The molecule has 0 fully saturated rings. The van der Waals surface area contributed by atoms with Crippen molar-refractivity contribution in [2.45, 2.75) is 45.4 Å². The highest BCUT2D eigenvalue weighted by atomic mass is 19.2. The van der Waals surface area contributed by atoms with Crippen molar-refractivity contribution in [3.63, 3.8) is 0 Å². The lowest BCUT2D eigenvalue weighted by molar-refractivity contribution is 0.408. The molecule has 3 aromatic carbocycles. The smallest absolute Gasteiger partial charge is 0.200 e. The van der Waals surface area contributed by atoms with Crippen molar-refractivity contribution in [2.24, 2.45) is 5.92 Å². The van der Waals surface area contributed by atoms with Crippen LogP contribution in [0.25, 0.3) is 27.8 Å². The Bertz CT molecular complexity index is 1130. The monoisotopic (exact) mass is 436 g/mol. The van der Waals surface area contributed by atoms with Crippen LogP contribution in [-0.4, -0.2) is 5.11 Å². The molecule has 1 N–H and O–H groups in total. The lowest BCUT2D eigenvalue weighted by atomic mass is 9.83. The zero-order chi connectivity index (χ0) is 22.7. The first-order valence-electron chi connectivity index (χ1n) is 11.2. The molecule has 4 heteroatoms.